The van der Waals surface area contributed by atoms with Gasteiger partial charge in [-0.05, 0) is 186 Å². The van der Waals surface area contributed by atoms with Crippen molar-refractivity contribution in [2.24, 2.45) is 0 Å². The van der Waals surface area contributed by atoms with E-state index >= 15 is 0 Å². The maximum absolute atomic E-state index is 5.91. The van der Waals surface area contributed by atoms with E-state index < -0.39 is 0 Å². The molecule has 0 spiro atoms. The van der Waals surface area contributed by atoms with Crippen LogP contribution in [0, 0.1) is 0 Å². The molecule has 2 aliphatic rings. The first-order valence-electron chi connectivity index (χ1n) is 38.1. The molecule has 22 aromatic rings. The van der Waals surface area contributed by atoms with Crippen molar-refractivity contribution in [2.45, 2.75) is 38.5 Å². The van der Waals surface area contributed by atoms with Crippen LogP contribution in [0.2, 0.25) is 0 Å². The minimum atomic E-state index is -0.195. The molecule has 8 heteroatoms. The fourth-order valence-electron chi connectivity index (χ4n) is 19.6. The van der Waals surface area contributed by atoms with Crippen LogP contribution in [-0.4, -0.2) is 38.2 Å². The van der Waals surface area contributed by atoms with Crippen molar-refractivity contribution < 1.29 is 0 Å². The maximum atomic E-state index is 5.91. The molecule has 0 amide bonds. The van der Waals surface area contributed by atoms with Crippen LogP contribution in [0.4, 0.5) is 0 Å². The van der Waals surface area contributed by atoms with E-state index in [2.05, 4.69) is 374 Å². The third-order valence-electron chi connectivity index (χ3n) is 24.7. The van der Waals surface area contributed by atoms with Crippen LogP contribution >= 0.6 is 0 Å². The molecule has 0 saturated heterocycles. The van der Waals surface area contributed by atoms with Crippen molar-refractivity contribution in [2.75, 3.05) is 0 Å². The highest BCUT2D eigenvalue weighted by molar-refractivity contribution is 6.24. The Hall–Kier alpha value is -14.1. The summed E-state index contributed by atoms with van der Waals surface area (Å²) in [7, 11) is 0. The minimum Gasteiger partial charge on any atom is -0.309 e. The molecular weight excluding hydrogens is 1340 g/mol. The van der Waals surface area contributed by atoms with Gasteiger partial charge in [0.25, 0.3) is 0 Å². The molecule has 16 aromatic carbocycles. The number of fused-ring (bicyclic) bond motifs is 24. The zero-order valence-electron chi connectivity index (χ0n) is 60.8. The molecule has 6 heterocycles. The van der Waals surface area contributed by atoms with Crippen molar-refractivity contribution >= 4 is 131 Å². The Labute approximate surface area is 632 Å². The molecule has 0 unspecified atom stereocenters. The van der Waals surface area contributed by atoms with E-state index in [9.17, 15) is 0 Å². The van der Waals surface area contributed by atoms with Crippen molar-refractivity contribution in [3.8, 4) is 78.9 Å². The minimum absolute atomic E-state index is 0.173. The molecule has 514 valence electrons. The van der Waals surface area contributed by atoms with E-state index in [0.29, 0.717) is 0 Å². The van der Waals surface area contributed by atoms with E-state index in [1.54, 1.807) is 0 Å². The highest BCUT2D eigenvalue weighted by Gasteiger charge is 2.39. The maximum Gasteiger partial charge on any atom is 0.165 e. The first kappa shape index (κ1) is 61.1. The normalized spacial score (nSPS) is 13.6. The molecule has 6 aromatic heterocycles. The molecule has 8 nitrogen and oxygen atoms in total. The smallest absolute Gasteiger partial charge is 0.165 e. The van der Waals surface area contributed by atoms with Crippen LogP contribution in [0.15, 0.2) is 328 Å². The van der Waals surface area contributed by atoms with Crippen LogP contribution in [0.3, 0.4) is 0 Å². The van der Waals surface area contributed by atoms with Gasteiger partial charge in [0.2, 0.25) is 0 Å². The zero-order valence-corrected chi connectivity index (χ0v) is 60.8. The third-order valence-corrected chi connectivity index (χ3v) is 24.7. The average molecular weight is 1400 g/mol. The summed E-state index contributed by atoms with van der Waals surface area (Å²) in [6, 6.07) is 121. The molecule has 0 saturated carbocycles. The summed E-state index contributed by atoms with van der Waals surface area (Å²) in [6.07, 6.45) is 0. The fraction of sp³-hybridized carbons (Fsp3) is 0.0588. The average Bonchev–Trinajstić information content (AvgIpc) is 1.59. The van der Waals surface area contributed by atoms with Gasteiger partial charge in [-0.3, -0.25) is 9.13 Å². The summed E-state index contributed by atoms with van der Waals surface area (Å²) in [5.41, 5.74) is 30.0. The first-order valence-corrected chi connectivity index (χ1v) is 38.1. The lowest BCUT2D eigenvalue weighted by atomic mass is 9.82. The Balaban J connectivity index is 0.687. The highest BCUT2D eigenvalue weighted by atomic mass is 15.1. The van der Waals surface area contributed by atoms with E-state index in [4.69, 9.17) is 19.9 Å². The molecular formula is C102H66N8. The predicted octanol–water partition coefficient (Wildman–Crippen LogP) is 25.9. The van der Waals surface area contributed by atoms with Crippen molar-refractivity contribution in [1.82, 2.24) is 38.2 Å². The SMILES string of the molecule is CC1(C)c2ccccc2-c2cc(-c3nc4cc(-c5ccc6c(c5)c5ccccc5n6-c5ccc6c(c5)c5c7ccccc7ccc5n6-c5nc6ccccc6nc5-c5cccc6c5-c5ccccc5C6(C)C)ccc4nc3-n3c4ccc(-n5c6ccccc6c6ccccc65)cc4c4c5ccccc5ccc43)ccc21. The number of benzene rings is 16. The number of para-hydroxylation sites is 5. The van der Waals surface area contributed by atoms with Gasteiger partial charge in [0.05, 0.1) is 66.2 Å². The van der Waals surface area contributed by atoms with Crippen molar-refractivity contribution in [3.05, 3.63) is 350 Å². The highest BCUT2D eigenvalue weighted by Crippen LogP contribution is 2.55. The van der Waals surface area contributed by atoms with Gasteiger partial charge in [0.1, 0.15) is 11.4 Å². The standard InChI is InChI=1S/C102H66N8/c1-101(2)78-32-14-9-26-68(78)74-55-63(40-47-80(74)101)97-99(109-90-52-45-64(57-76(90)95-66-24-7-5-22-59(66)42-50-92(95)109)107-86-37-18-11-27-69(86)70-28-12-19-38-87(70)107)106-84-48-41-62(56-85(84)104-97)61-44-49-89-75(54-61)71-29-13-20-39-88(71)108(89)65-46-53-91-77(58-65)96-67-25-8-6-23-60(67)43-51-93(96)110(91)100-98(103-82-35-16-17-36-83(82)105-100)73-31-21-34-81-94(73)72-30-10-15-33-79(72)102(81,3)4/h5-58H,1-4H3. The number of aromatic nitrogens is 8. The fourth-order valence-corrected chi connectivity index (χ4v) is 19.6. The van der Waals surface area contributed by atoms with Gasteiger partial charge in [0, 0.05) is 76.4 Å². The Morgan fingerprint density at radius 3 is 1.28 bits per heavy atom. The number of hydrogen-bond acceptors (Lipinski definition) is 4. The van der Waals surface area contributed by atoms with Crippen LogP contribution in [0.1, 0.15) is 49.9 Å². The van der Waals surface area contributed by atoms with E-state index in [-0.39, 0.29) is 10.8 Å². The van der Waals surface area contributed by atoms with Crippen LogP contribution in [0.5, 0.6) is 0 Å². The second-order valence-corrected chi connectivity index (χ2v) is 31.2. The van der Waals surface area contributed by atoms with Gasteiger partial charge in [-0.15, -0.1) is 0 Å². The summed E-state index contributed by atoms with van der Waals surface area (Å²) in [6.45, 7) is 9.38. The Morgan fingerprint density at radius 2 is 0.645 bits per heavy atom. The molecule has 0 bridgehead atoms. The zero-order chi connectivity index (χ0) is 72.6. The first-order chi connectivity index (χ1) is 54.1. The van der Waals surface area contributed by atoms with E-state index in [1.165, 1.54) is 104 Å². The molecule has 0 N–H and O–H groups in total. The summed E-state index contributed by atoms with van der Waals surface area (Å²) < 4.78 is 9.65. The van der Waals surface area contributed by atoms with Crippen LogP contribution in [-0.2, 0) is 10.8 Å². The summed E-state index contributed by atoms with van der Waals surface area (Å²) in [5.74, 6) is 1.57. The summed E-state index contributed by atoms with van der Waals surface area (Å²) in [5, 5.41) is 14.1. The molecule has 0 radical (unpaired) electrons. The van der Waals surface area contributed by atoms with Gasteiger partial charge in [-0.25, -0.2) is 19.9 Å². The van der Waals surface area contributed by atoms with Gasteiger partial charge in [-0.2, -0.15) is 0 Å². The third kappa shape index (κ3) is 8.39. The van der Waals surface area contributed by atoms with Gasteiger partial charge in [-0.1, -0.05) is 246 Å². The molecule has 2 aliphatic carbocycles. The molecule has 24 rings (SSSR count). The van der Waals surface area contributed by atoms with Crippen molar-refractivity contribution in [3.63, 3.8) is 0 Å². The summed E-state index contributed by atoms with van der Waals surface area (Å²) in [4.78, 5) is 23.1. The molecule has 0 fully saturated rings. The van der Waals surface area contributed by atoms with Gasteiger partial charge < -0.3 is 9.13 Å². The number of rotatable bonds is 7. The monoisotopic (exact) mass is 1400 g/mol. The van der Waals surface area contributed by atoms with Crippen LogP contribution in [0.25, 0.3) is 210 Å². The second kappa shape index (κ2) is 22.3. The second-order valence-electron chi connectivity index (χ2n) is 31.2. The van der Waals surface area contributed by atoms with Gasteiger partial charge >= 0.3 is 0 Å². The summed E-state index contributed by atoms with van der Waals surface area (Å²) >= 11 is 0. The lowest BCUT2D eigenvalue weighted by Gasteiger charge is -2.22. The van der Waals surface area contributed by atoms with E-state index in [0.717, 1.165) is 128 Å². The Bertz CT molecular complexity index is 7810. The molecule has 0 atom stereocenters. The Kier molecular flexibility index (Phi) is 12.4. The number of hydrogen-bond donors (Lipinski definition) is 0. The lowest BCUT2D eigenvalue weighted by Crippen LogP contribution is -2.14. The van der Waals surface area contributed by atoms with E-state index in [1.807, 2.05) is 0 Å². The topological polar surface area (TPSA) is 71.3 Å². The molecule has 0 aliphatic heterocycles. The largest absolute Gasteiger partial charge is 0.309 e. The van der Waals surface area contributed by atoms with Gasteiger partial charge in [0.15, 0.2) is 11.6 Å². The number of nitrogens with zero attached hydrogens (tertiary/aromatic N) is 8. The van der Waals surface area contributed by atoms with Crippen molar-refractivity contribution in [1.29, 1.82) is 0 Å². The lowest BCUT2D eigenvalue weighted by molar-refractivity contribution is 0.660. The molecule has 110 heavy (non-hydrogen) atoms. The quantitative estimate of drug-likeness (QED) is 0.159. The Morgan fingerprint density at radius 1 is 0.227 bits per heavy atom. The van der Waals surface area contributed by atoms with Crippen LogP contribution < -0.4 is 0 Å². The predicted molar refractivity (Wildman–Crippen MR) is 456 cm³/mol.